The molecule has 0 saturated carbocycles. The number of amides is 1. The number of rotatable bonds is 6. The zero-order valence-corrected chi connectivity index (χ0v) is 20.4. The van der Waals surface area contributed by atoms with E-state index in [0.29, 0.717) is 20.9 Å². The molecule has 0 fully saturated rings. The van der Waals surface area contributed by atoms with E-state index in [1.165, 1.54) is 48.3 Å². The summed E-state index contributed by atoms with van der Waals surface area (Å²) in [6.45, 7) is 0. The number of nitrogens with zero attached hydrogens (tertiary/aromatic N) is 1. The Bertz CT molecular complexity index is 1600. The summed E-state index contributed by atoms with van der Waals surface area (Å²) in [5.41, 5.74) is 0.544. The van der Waals surface area contributed by atoms with Crippen molar-refractivity contribution in [2.24, 2.45) is 0 Å². The first-order valence-electron chi connectivity index (χ1n) is 11.4. The Morgan fingerprint density at radius 1 is 0.842 bits per heavy atom. The summed E-state index contributed by atoms with van der Waals surface area (Å²) >= 11 is 1.21. The van der Waals surface area contributed by atoms with Gasteiger partial charge in [-0.1, -0.05) is 66.4 Å². The molecule has 0 saturated heterocycles. The van der Waals surface area contributed by atoms with Crippen LogP contribution in [0.4, 0.5) is 19.1 Å². The lowest BCUT2D eigenvalue weighted by molar-refractivity contribution is -0.137. The van der Waals surface area contributed by atoms with Crippen LogP contribution in [0, 0.1) is 0 Å². The van der Waals surface area contributed by atoms with Crippen LogP contribution in [0.15, 0.2) is 117 Å². The number of nitrogens with one attached hydrogen (secondary N) is 1. The number of benzene rings is 4. The Balaban J connectivity index is 1.39. The van der Waals surface area contributed by atoms with Crippen molar-refractivity contribution in [2.75, 3.05) is 5.32 Å². The van der Waals surface area contributed by atoms with Gasteiger partial charge in [0.05, 0.1) is 22.2 Å². The van der Waals surface area contributed by atoms with Gasteiger partial charge in [0.1, 0.15) is 5.75 Å². The van der Waals surface area contributed by atoms with Crippen LogP contribution in [-0.2, 0) is 6.18 Å². The fourth-order valence-electron chi connectivity index (χ4n) is 3.83. The second-order valence-corrected chi connectivity index (χ2v) is 9.26. The normalized spacial score (nSPS) is 11.3. The molecule has 1 aromatic heterocycles. The maximum Gasteiger partial charge on any atom is 0.417 e. The summed E-state index contributed by atoms with van der Waals surface area (Å²) < 4.78 is 46.1. The van der Waals surface area contributed by atoms with E-state index in [4.69, 9.17) is 4.42 Å². The van der Waals surface area contributed by atoms with Gasteiger partial charge in [0.15, 0.2) is 0 Å². The van der Waals surface area contributed by atoms with E-state index in [-0.39, 0.29) is 34.6 Å². The maximum absolute atomic E-state index is 13.5. The molecule has 0 aliphatic rings. The molecular formula is C29H19F3N2O3S. The zero-order valence-electron chi connectivity index (χ0n) is 19.6. The second kappa shape index (κ2) is 10.5. The number of phenolic OH excluding ortho intramolecular Hbond substituents is 1. The van der Waals surface area contributed by atoms with E-state index >= 15 is 0 Å². The Morgan fingerprint density at radius 2 is 1.53 bits per heavy atom. The van der Waals surface area contributed by atoms with E-state index in [1.54, 1.807) is 54.6 Å². The summed E-state index contributed by atoms with van der Waals surface area (Å²) in [5, 5.41) is 13.4. The van der Waals surface area contributed by atoms with Crippen molar-refractivity contribution >= 4 is 23.6 Å². The molecule has 5 aromatic rings. The average molecular weight is 533 g/mol. The number of carbonyl (C=O) groups is 1. The molecule has 0 unspecified atom stereocenters. The highest BCUT2D eigenvalue weighted by atomic mass is 32.2. The predicted octanol–water partition coefficient (Wildman–Crippen LogP) is 8.14. The molecule has 0 atom stereocenters. The van der Waals surface area contributed by atoms with Gasteiger partial charge in [0.2, 0.25) is 11.8 Å². The number of anilines is 1. The summed E-state index contributed by atoms with van der Waals surface area (Å²) in [5.74, 6) is -0.0774. The standard InChI is InChI=1S/C29H19F3N2O3S/c30-29(31,32)22-12-6-4-10-20(22)19-14-15-25(23(35)16-19)38-24-13-7-5-11-21(24)28-33-17-26(37-28)34-27(36)18-8-2-1-3-9-18/h1-17,35H,(H,34,36). The van der Waals surface area contributed by atoms with Gasteiger partial charge in [0, 0.05) is 10.5 Å². The number of aromatic nitrogens is 1. The van der Waals surface area contributed by atoms with Crippen molar-refractivity contribution < 1.29 is 27.5 Å². The van der Waals surface area contributed by atoms with Crippen molar-refractivity contribution in [3.63, 3.8) is 0 Å². The molecule has 4 aromatic carbocycles. The SMILES string of the molecule is O=C(Nc1cnc(-c2ccccc2Sc2ccc(-c3ccccc3C(F)(F)F)cc2O)o1)c1ccccc1. The van der Waals surface area contributed by atoms with Crippen LogP contribution in [0.1, 0.15) is 15.9 Å². The highest BCUT2D eigenvalue weighted by molar-refractivity contribution is 7.99. The molecule has 190 valence electrons. The Hall–Kier alpha value is -4.50. The molecule has 2 N–H and O–H groups in total. The molecular weight excluding hydrogens is 513 g/mol. The van der Waals surface area contributed by atoms with Crippen LogP contribution in [-0.4, -0.2) is 16.0 Å². The van der Waals surface area contributed by atoms with E-state index < -0.39 is 11.7 Å². The van der Waals surface area contributed by atoms with Crippen LogP contribution in [0.2, 0.25) is 0 Å². The van der Waals surface area contributed by atoms with E-state index in [2.05, 4.69) is 10.3 Å². The van der Waals surface area contributed by atoms with Crippen LogP contribution in [0.3, 0.4) is 0 Å². The number of phenols is 1. The molecule has 5 rings (SSSR count). The summed E-state index contributed by atoms with van der Waals surface area (Å²) in [6.07, 6.45) is -3.12. The van der Waals surface area contributed by atoms with Crippen molar-refractivity contribution in [2.45, 2.75) is 16.0 Å². The van der Waals surface area contributed by atoms with Crippen LogP contribution < -0.4 is 5.32 Å². The molecule has 0 spiro atoms. The number of hydrogen-bond donors (Lipinski definition) is 2. The Labute approximate surface area is 220 Å². The third-order valence-corrected chi connectivity index (χ3v) is 6.76. The second-order valence-electron chi connectivity index (χ2n) is 8.17. The van der Waals surface area contributed by atoms with Crippen LogP contribution in [0.25, 0.3) is 22.6 Å². The lowest BCUT2D eigenvalue weighted by atomic mass is 9.99. The average Bonchev–Trinajstić information content (AvgIpc) is 3.38. The van der Waals surface area contributed by atoms with E-state index in [9.17, 15) is 23.1 Å². The van der Waals surface area contributed by atoms with E-state index in [0.717, 1.165) is 6.07 Å². The smallest absolute Gasteiger partial charge is 0.417 e. The fraction of sp³-hybridized carbons (Fsp3) is 0.0345. The van der Waals surface area contributed by atoms with Crippen molar-refractivity contribution in [3.05, 3.63) is 114 Å². The molecule has 0 radical (unpaired) electrons. The minimum atomic E-state index is -4.52. The van der Waals surface area contributed by atoms with Crippen molar-refractivity contribution in [3.8, 4) is 28.3 Å². The topological polar surface area (TPSA) is 75.4 Å². The number of hydrogen-bond acceptors (Lipinski definition) is 5. The zero-order chi connectivity index (χ0) is 26.7. The highest BCUT2D eigenvalue weighted by Gasteiger charge is 2.33. The summed E-state index contributed by atoms with van der Waals surface area (Å²) in [6, 6.07) is 25.5. The van der Waals surface area contributed by atoms with Gasteiger partial charge in [-0.2, -0.15) is 13.2 Å². The number of halogens is 3. The molecule has 0 aliphatic carbocycles. The van der Waals surface area contributed by atoms with Gasteiger partial charge in [-0.3, -0.25) is 10.1 Å². The van der Waals surface area contributed by atoms with Crippen LogP contribution in [0.5, 0.6) is 5.75 Å². The molecule has 1 amide bonds. The van der Waals surface area contributed by atoms with Gasteiger partial charge >= 0.3 is 6.18 Å². The van der Waals surface area contributed by atoms with Crippen molar-refractivity contribution in [1.82, 2.24) is 4.98 Å². The monoisotopic (exact) mass is 532 g/mol. The molecule has 0 aliphatic heterocycles. The lowest BCUT2D eigenvalue weighted by Crippen LogP contribution is -2.10. The fourth-order valence-corrected chi connectivity index (χ4v) is 4.78. The van der Waals surface area contributed by atoms with Gasteiger partial charge in [-0.05, 0) is 53.6 Å². The summed E-state index contributed by atoms with van der Waals surface area (Å²) in [4.78, 5) is 17.8. The van der Waals surface area contributed by atoms with Gasteiger partial charge < -0.3 is 9.52 Å². The third-order valence-electron chi connectivity index (χ3n) is 5.62. The first kappa shape index (κ1) is 25.2. The molecule has 9 heteroatoms. The molecule has 1 heterocycles. The van der Waals surface area contributed by atoms with Crippen LogP contribution >= 0.6 is 11.8 Å². The molecule has 0 bridgehead atoms. The molecule has 38 heavy (non-hydrogen) atoms. The minimum Gasteiger partial charge on any atom is -0.507 e. The third kappa shape index (κ3) is 5.42. The Kier molecular flexibility index (Phi) is 6.93. The predicted molar refractivity (Wildman–Crippen MR) is 139 cm³/mol. The number of aromatic hydroxyl groups is 1. The first-order chi connectivity index (χ1) is 18.3. The number of oxazole rings is 1. The van der Waals surface area contributed by atoms with E-state index in [1.807, 2.05) is 6.07 Å². The van der Waals surface area contributed by atoms with Crippen molar-refractivity contribution in [1.29, 1.82) is 0 Å². The number of carbonyl (C=O) groups excluding carboxylic acids is 1. The molecule has 5 nitrogen and oxygen atoms in total. The maximum atomic E-state index is 13.5. The number of alkyl halides is 3. The van der Waals surface area contributed by atoms with Gasteiger partial charge in [-0.15, -0.1) is 0 Å². The quantitative estimate of drug-likeness (QED) is 0.231. The lowest BCUT2D eigenvalue weighted by Gasteiger charge is -2.14. The first-order valence-corrected chi connectivity index (χ1v) is 12.2. The summed E-state index contributed by atoms with van der Waals surface area (Å²) in [7, 11) is 0. The van der Waals surface area contributed by atoms with Gasteiger partial charge in [-0.25, -0.2) is 4.98 Å². The largest absolute Gasteiger partial charge is 0.507 e. The minimum absolute atomic E-state index is 0.0166. The highest BCUT2D eigenvalue weighted by Crippen LogP contribution is 2.43. The van der Waals surface area contributed by atoms with Gasteiger partial charge in [0.25, 0.3) is 5.91 Å². The Morgan fingerprint density at radius 3 is 2.26 bits per heavy atom.